The molecule has 0 fully saturated rings. The Morgan fingerprint density at radius 1 is 0.880 bits per heavy atom. The van der Waals surface area contributed by atoms with Crippen molar-refractivity contribution in [1.29, 1.82) is 0 Å². The van der Waals surface area contributed by atoms with Crippen molar-refractivity contribution in [3.8, 4) is 17.2 Å². The molecular formula is C18H23NO5S. The molecule has 0 atom stereocenters. The molecule has 0 aliphatic carbocycles. The van der Waals surface area contributed by atoms with Crippen molar-refractivity contribution >= 4 is 10.0 Å². The lowest BCUT2D eigenvalue weighted by molar-refractivity contribution is 0.286. The minimum atomic E-state index is -3.55. The SMILES string of the molecule is CCOc1ccc(OCCN(C)S(=O)(=O)c2ccc(OC)cc2)cc1. The number of benzene rings is 2. The smallest absolute Gasteiger partial charge is 0.242 e. The van der Waals surface area contributed by atoms with Crippen LogP contribution in [0.1, 0.15) is 6.92 Å². The fraction of sp³-hybridized carbons (Fsp3) is 0.333. The van der Waals surface area contributed by atoms with Crippen LogP contribution in [0.15, 0.2) is 53.4 Å². The predicted octanol–water partition coefficient (Wildman–Crippen LogP) is 2.79. The van der Waals surface area contributed by atoms with Crippen LogP contribution in [0.25, 0.3) is 0 Å². The van der Waals surface area contributed by atoms with Gasteiger partial charge in [-0.2, -0.15) is 4.31 Å². The van der Waals surface area contributed by atoms with E-state index in [-0.39, 0.29) is 18.0 Å². The fourth-order valence-corrected chi connectivity index (χ4v) is 3.29. The summed E-state index contributed by atoms with van der Waals surface area (Å²) in [5.41, 5.74) is 0. The molecule has 0 N–H and O–H groups in total. The number of ether oxygens (including phenoxy) is 3. The summed E-state index contributed by atoms with van der Waals surface area (Å²) in [5, 5.41) is 0. The average molecular weight is 365 g/mol. The number of likely N-dealkylation sites (N-methyl/N-ethyl adjacent to an activating group) is 1. The van der Waals surface area contributed by atoms with Crippen LogP contribution in [-0.2, 0) is 10.0 Å². The van der Waals surface area contributed by atoms with Gasteiger partial charge in [0, 0.05) is 13.6 Å². The van der Waals surface area contributed by atoms with Crippen molar-refractivity contribution < 1.29 is 22.6 Å². The van der Waals surface area contributed by atoms with Gasteiger partial charge in [0.1, 0.15) is 23.9 Å². The molecule has 0 aromatic heterocycles. The zero-order valence-electron chi connectivity index (χ0n) is 14.6. The van der Waals surface area contributed by atoms with Crippen molar-refractivity contribution in [2.75, 3.05) is 33.9 Å². The van der Waals surface area contributed by atoms with E-state index in [4.69, 9.17) is 14.2 Å². The lowest BCUT2D eigenvalue weighted by atomic mass is 10.3. The second-order valence-electron chi connectivity index (χ2n) is 5.25. The summed E-state index contributed by atoms with van der Waals surface area (Å²) in [7, 11) is -0.490. The summed E-state index contributed by atoms with van der Waals surface area (Å²) >= 11 is 0. The van der Waals surface area contributed by atoms with Crippen molar-refractivity contribution in [3.05, 3.63) is 48.5 Å². The van der Waals surface area contributed by atoms with Gasteiger partial charge in [0.15, 0.2) is 0 Å². The van der Waals surface area contributed by atoms with Crippen LogP contribution in [0.4, 0.5) is 0 Å². The highest BCUT2D eigenvalue weighted by atomic mass is 32.2. The zero-order chi connectivity index (χ0) is 18.3. The highest BCUT2D eigenvalue weighted by Gasteiger charge is 2.20. The standard InChI is InChI=1S/C18H23NO5S/c1-4-23-16-5-7-17(8-6-16)24-14-13-19(2)25(20,21)18-11-9-15(22-3)10-12-18/h5-12H,4,13-14H2,1-3H3. The molecule has 2 aromatic rings. The van der Waals surface area contributed by atoms with E-state index >= 15 is 0 Å². The second-order valence-corrected chi connectivity index (χ2v) is 7.30. The van der Waals surface area contributed by atoms with Gasteiger partial charge in [0.25, 0.3) is 0 Å². The highest BCUT2D eigenvalue weighted by Crippen LogP contribution is 2.19. The minimum absolute atomic E-state index is 0.219. The van der Waals surface area contributed by atoms with E-state index in [0.29, 0.717) is 18.1 Å². The van der Waals surface area contributed by atoms with E-state index in [1.807, 2.05) is 19.1 Å². The molecule has 0 unspecified atom stereocenters. The molecule has 6 nitrogen and oxygen atoms in total. The number of hydrogen-bond donors (Lipinski definition) is 0. The number of nitrogens with zero attached hydrogens (tertiary/aromatic N) is 1. The van der Waals surface area contributed by atoms with Gasteiger partial charge in [-0.3, -0.25) is 0 Å². The van der Waals surface area contributed by atoms with E-state index in [2.05, 4.69) is 0 Å². The maximum atomic E-state index is 12.5. The van der Waals surface area contributed by atoms with Gasteiger partial charge in [-0.15, -0.1) is 0 Å². The summed E-state index contributed by atoms with van der Waals surface area (Å²) in [6.45, 7) is 3.01. The second kappa shape index (κ2) is 8.73. The predicted molar refractivity (Wildman–Crippen MR) is 95.9 cm³/mol. The Morgan fingerprint density at radius 2 is 1.40 bits per heavy atom. The quantitative estimate of drug-likeness (QED) is 0.684. The molecule has 2 rings (SSSR count). The summed E-state index contributed by atoms with van der Waals surface area (Å²) in [5.74, 6) is 2.05. The molecule has 0 radical (unpaired) electrons. The summed E-state index contributed by atoms with van der Waals surface area (Å²) in [6, 6.07) is 13.5. The highest BCUT2D eigenvalue weighted by molar-refractivity contribution is 7.89. The molecule has 0 aliphatic rings. The maximum absolute atomic E-state index is 12.5. The lowest BCUT2D eigenvalue weighted by Crippen LogP contribution is -2.31. The van der Waals surface area contributed by atoms with E-state index < -0.39 is 10.0 Å². The van der Waals surface area contributed by atoms with Crippen molar-refractivity contribution in [2.45, 2.75) is 11.8 Å². The third-order valence-corrected chi connectivity index (χ3v) is 5.45. The molecule has 7 heteroatoms. The van der Waals surface area contributed by atoms with Crippen LogP contribution >= 0.6 is 0 Å². The fourth-order valence-electron chi connectivity index (χ4n) is 2.14. The average Bonchev–Trinajstić information content (AvgIpc) is 2.63. The van der Waals surface area contributed by atoms with Gasteiger partial charge < -0.3 is 14.2 Å². The summed E-state index contributed by atoms with van der Waals surface area (Å²) < 4.78 is 42.3. The summed E-state index contributed by atoms with van der Waals surface area (Å²) in [6.07, 6.45) is 0. The van der Waals surface area contributed by atoms with Gasteiger partial charge in [-0.25, -0.2) is 8.42 Å². The first-order valence-corrected chi connectivity index (χ1v) is 9.37. The van der Waals surface area contributed by atoms with Crippen molar-refractivity contribution in [3.63, 3.8) is 0 Å². The molecule has 0 bridgehead atoms. The molecule has 0 saturated carbocycles. The Bertz CT molecular complexity index is 757. The van der Waals surface area contributed by atoms with Crippen LogP contribution in [-0.4, -0.2) is 46.6 Å². The van der Waals surface area contributed by atoms with Gasteiger partial charge in [0.2, 0.25) is 10.0 Å². The van der Waals surface area contributed by atoms with Crippen LogP contribution in [0.3, 0.4) is 0 Å². The van der Waals surface area contributed by atoms with Crippen molar-refractivity contribution in [1.82, 2.24) is 4.31 Å². The molecule has 25 heavy (non-hydrogen) atoms. The Kier molecular flexibility index (Phi) is 6.66. The monoisotopic (exact) mass is 365 g/mol. The molecule has 0 spiro atoms. The van der Waals surface area contributed by atoms with Crippen LogP contribution in [0, 0.1) is 0 Å². The Morgan fingerprint density at radius 3 is 1.92 bits per heavy atom. The molecule has 0 saturated heterocycles. The van der Waals surface area contributed by atoms with Crippen molar-refractivity contribution in [2.24, 2.45) is 0 Å². The number of sulfonamides is 1. The number of rotatable bonds is 9. The lowest BCUT2D eigenvalue weighted by Gasteiger charge is -2.17. The molecule has 0 amide bonds. The van der Waals surface area contributed by atoms with E-state index in [1.165, 1.54) is 30.6 Å². The third-order valence-electron chi connectivity index (χ3n) is 3.58. The number of hydrogen-bond acceptors (Lipinski definition) is 5. The molecule has 0 aliphatic heterocycles. The Balaban J connectivity index is 1.90. The topological polar surface area (TPSA) is 65.1 Å². The maximum Gasteiger partial charge on any atom is 0.242 e. The summed E-state index contributed by atoms with van der Waals surface area (Å²) in [4.78, 5) is 0.219. The van der Waals surface area contributed by atoms with Crippen LogP contribution < -0.4 is 14.2 Å². The zero-order valence-corrected chi connectivity index (χ0v) is 15.5. The number of methoxy groups -OCH3 is 1. The Labute approximate surface area is 149 Å². The third kappa shape index (κ3) is 5.11. The van der Waals surface area contributed by atoms with Crippen LogP contribution in [0.2, 0.25) is 0 Å². The molecular weight excluding hydrogens is 342 g/mol. The first-order valence-electron chi connectivity index (χ1n) is 7.93. The molecule has 0 heterocycles. The van der Waals surface area contributed by atoms with E-state index in [1.54, 1.807) is 24.3 Å². The first-order chi connectivity index (χ1) is 12.0. The van der Waals surface area contributed by atoms with Gasteiger partial charge in [-0.1, -0.05) is 0 Å². The normalized spacial score (nSPS) is 11.4. The first kappa shape index (κ1) is 19.1. The minimum Gasteiger partial charge on any atom is -0.497 e. The molecule has 136 valence electrons. The van der Waals surface area contributed by atoms with Crippen LogP contribution in [0.5, 0.6) is 17.2 Å². The van der Waals surface area contributed by atoms with E-state index in [0.717, 1.165) is 5.75 Å². The van der Waals surface area contributed by atoms with E-state index in [9.17, 15) is 8.42 Å². The Hall–Kier alpha value is -2.25. The van der Waals surface area contributed by atoms with Gasteiger partial charge >= 0.3 is 0 Å². The van der Waals surface area contributed by atoms with Gasteiger partial charge in [-0.05, 0) is 55.5 Å². The molecule has 2 aromatic carbocycles. The largest absolute Gasteiger partial charge is 0.497 e. The van der Waals surface area contributed by atoms with Gasteiger partial charge in [0.05, 0.1) is 18.6 Å².